The number of rotatable bonds is 6. The average molecular weight is 339 g/mol. The van der Waals surface area contributed by atoms with Gasteiger partial charge in [0.15, 0.2) is 0 Å². The molecule has 0 spiro atoms. The van der Waals surface area contributed by atoms with Crippen LogP contribution in [0.2, 0.25) is 0 Å². The van der Waals surface area contributed by atoms with E-state index in [1.54, 1.807) is 4.90 Å². The Kier molecular flexibility index (Phi) is 6.15. The minimum Gasteiger partial charge on any atom is -0.346 e. The summed E-state index contributed by atoms with van der Waals surface area (Å²) < 4.78 is 23.8. The Morgan fingerprint density at radius 2 is 1.87 bits per heavy atom. The quantitative estimate of drug-likeness (QED) is 0.839. The van der Waals surface area contributed by atoms with E-state index in [0.717, 1.165) is 12.8 Å². The van der Waals surface area contributed by atoms with E-state index < -0.39 is 10.2 Å². The van der Waals surface area contributed by atoms with Gasteiger partial charge in [-0.2, -0.15) is 12.7 Å². The molecule has 6 nitrogen and oxygen atoms in total. The van der Waals surface area contributed by atoms with Gasteiger partial charge in [-0.25, -0.2) is 5.14 Å². The number of nitrogens with zero attached hydrogens (tertiary/aromatic N) is 2. The molecular formula is C16H25N3O3S. The van der Waals surface area contributed by atoms with E-state index in [-0.39, 0.29) is 11.8 Å². The molecule has 2 N–H and O–H groups in total. The van der Waals surface area contributed by atoms with E-state index in [4.69, 9.17) is 5.14 Å². The molecule has 1 saturated heterocycles. The first-order valence-corrected chi connectivity index (χ1v) is 9.45. The highest BCUT2D eigenvalue weighted by Gasteiger charge is 2.30. The molecule has 1 aromatic carbocycles. The molecule has 0 bridgehead atoms. The van der Waals surface area contributed by atoms with Gasteiger partial charge in [0.2, 0.25) is 5.91 Å². The van der Waals surface area contributed by atoms with Crippen molar-refractivity contribution in [2.75, 3.05) is 26.7 Å². The van der Waals surface area contributed by atoms with Crippen LogP contribution in [-0.2, 0) is 21.4 Å². The summed E-state index contributed by atoms with van der Waals surface area (Å²) in [5.41, 5.74) is 1.27. The molecule has 1 amide bonds. The standard InChI is InChI=1S/C16H25N3O3S/c1-18(11-5-8-14-6-3-2-4-7-14)16(20)15-9-12-19(13-10-15)23(17,21)22/h2-4,6-7,15H,5,8-13H2,1H3,(H2,17,21,22). The lowest BCUT2D eigenvalue weighted by atomic mass is 9.96. The van der Waals surface area contributed by atoms with Gasteiger partial charge in [0.05, 0.1) is 0 Å². The Bertz CT molecular complexity index is 611. The van der Waals surface area contributed by atoms with Crippen molar-refractivity contribution >= 4 is 16.1 Å². The van der Waals surface area contributed by atoms with E-state index in [1.165, 1.54) is 9.87 Å². The molecular weight excluding hydrogens is 314 g/mol. The van der Waals surface area contributed by atoms with Crippen molar-refractivity contribution in [3.8, 4) is 0 Å². The predicted octanol–water partition coefficient (Wildman–Crippen LogP) is 0.993. The van der Waals surface area contributed by atoms with Crippen molar-refractivity contribution in [2.24, 2.45) is 11.1 Å². The monoisotopic (exact) mass is 339 g/mol. The number of nitrogens with two attached hydrogens (primary N) is 1. The molecule has 0 radical (unpaired) electrons. The fourth-order valence-corrected chi connectivity index (χ4v) is 3.66. The molecule has 7 heteroatoms. The maximum absolute atomic E-state index is 12.4. The number of carbonyl (C=O) groups excluding carboxylic acids is 1. The van der Waals surface area contributed by atoms with Gasteiger partial charge >= 0.3 is 0 Å². The lowest BCUT2D eigenvalue weighted by Crippen LogP contribution is -2.45. The summed E-state index contributed by atoms with van der Waals surface area (Å²) >= 11 is 0. The van der Waals surface area contributed by atoms with Crippen LogP contribution in [0.5, 0.6) is 0 Å². The van der Waals surface area contributed by atoms with Gasteiger partial charge in [0, 0.05) is 32.6 Å². The minimum atomic E-state index is -3.63. The van der Waals surface area contributed by atoms with Gasteiger partial charge in [-0.15, -0.1) is 0 Å². The SMILES string of the molecule is CN(CCCc1ccccc1)C(=O)C1CCN(S(N)(=O)=O)CC1. The maximum atomic E-state index is 12.4. The van der Waals surface area contributed by atoms with Crippen LogP contribution in [0.25, 0.3) is 0 Å². The van der Waals surface area contributed by atoms with Crippen LogP contribution < -0.4 is 5.14 Å². The van der Waals surface area contributed by atoms with Crippen LogP contribution in [0.3, 0.4) is 0 Å². The maximum Gasteiger partial charge on any atom is 0.276 e. The number of carbonyl (C=O) groups is 1. The summed E-state index contributed by atoms with van der Waals surface area (Å²) in [5.74, 6) is 0.00172. The van der Waals surface area contributed by atoms with Gasteiger partial charge in [-0.05, 0) is 31.2 Å². The topological polar surface area (TPSA) is 83.7 Å². The Morgan fingerprint density at radius 3 is 2.43 bits per heavy atom. The van der Waals surface area contributed by atoms with Crippen LogP contribution in [-0.4, -0.2) is 50.2 Å². The number of hydrogen-bond acceptors (Lipinski definition) is 3. The second kappa shape index (κ2) is 7.90. The van der Waals surface area contributed by atoms with Crippen LogP contribution in [0.1, 0.15) is 24.8 Å². The summed E-state index contributed by atoms with van der Waals surface area (Å²) in [5, 5.41) is 5.12. The van der Waals surface area contributed by atoms with Gasteiger partial charge in [-0.3, -0.25) is 4.79 Å². The lowest BCUT2D eigenvalue weighted by Gasteiger charge is -2.31. The van der Waals surface area contributed by atoms with E-state index in [2.05, 4.69) is 12.1 Å². The molecule has 1 fully saturated rings. The largest absolute Gasteiger partial charge is 0.346 e. The smallest absolute Gasteiger partial charge is 0.276 e. The minimum absolute atomic E-state index is 0.102. The summed E-state index contributed by atoms with van der Waals surface area (Å²) in [7, 11) is -1.81. The number of piperidine rings is 1. The molecule has 1 aromatic rings. The van der Waals surface area contributed by atoms with Crippen molar-refractivity contribution in [1.82, 2.24) is 9.21 Å². The summed E-state index contributed by atoms with van der Waals surface area (Å²) in [4.78, 5) is 14.2. The Balaban J connectivity index is 1.75. The molecule has 0 unspecified atom stereocenters. The summed E-state index contributed by atoms with van der Waals surface area (Å²) in [6.45, 7) is 1.36. The zero-order valence-electron chi connectivity index (χ0n) is 13.5. The van der Waals surface area contributed by atoms with Crippen molar-refractivity contribution in [1.29, 1.82) is 0 Å². The molecule has 23 heavy (non-hydrogen) atoms. The fraction of sp³-hybridized carbons (Fsp3) is 0.562. The third kappa shape index (κ3) is 5.30. The summed E-state index contributed by atoms with van der Waals surface area (Å²) in [6.07, 6.45) is 2.95. The number of aryl methyl sites for hydroxylation is 1. The summed E-state index contributed by atoms with van der Waals surface area (Å²) in [6, 6.07) is 10.2. The molecule has 1 aliphatic heterocycles. The van der Waals surface area contributed by atoms with Crippen LogP contribution >= 0.6 is 0 Å². The van der Waals surface area contributed by atoms with Crippen LogP contribution in [0, 0.1) is 5.92 Å². The normalized spacial score (nSPS) is 17.1. The Morgan fingerprint density at radius 1 is 1.26 bits per heavy atom. The number of hydrogen-bond donors (Lipinski definition) is 1. The molecule has 0 saturated carbocycles. The Hall–Kier alpha value is -1.44. The fourth-order valence-electron chi connectivity index (χ4n) is 2.94. The highest BCUT2D eigenvalue weighted by molar-refractivity contribution is 7.86. The average Bonchev–Trinajstić information content (AvgIpc) is 2.54. The molecule has 1 aliphatic rings. The third-order valence-corrected chi connectivity index (χ3v) is 5.43. The second-order valence-corrected chi connectivity index (χ2v) is 7.61. The predicted molar refractivity (Wildman–Crippen MR) is 89.8 cm³/mol. The zero-order valence-corrected chi connectivity index (χ0v) is 14.3. The number of benzene rings is 1. The molecule has 0 aliphatic carbocycles. The van der Waals surface area contributed by atoms with Crippen molar-refractivity contribution in [3.05, 3.63) is 35.9 Å². The second-order valence-electron chi connectivity index (χ2n) is 6.07. The molecule has 0 aromatic heterocycles. The van der Waals surface area contributed by atoms with E-state index in [1.807, 2.05) is 25.2 Å². The highest BCUT2D eigenvalue weighted by atomic mass is 32.2. The van der Waals surface area contributed by atoms with Gasteiger partial charge in [-0.1, -0.05) is 30.3 Å². The first-order chi connectivity index (χ1) is 10.9. The highest BCUT2D eigenvalue weighted by Crippen LogP contribution is 2.20. The number of amides is 1. The zero-order chi connectivity index (χ0) is 16.9. The Labute approximate surface area is 138 Å². The molecule has 128 valence electrons. The molecule has 1 heterocycles. The van der Waals surface area contributed by atoms with Crippen LogP contribution in [0.15, 0.2) is 30.3 Å². The van der Waals surface area contributed by atoms with E-state index in [0.29, 0.717) is 32.5 Å². The van der Waals surface area contributed by atoms with Gasteiger partial charge in [0.25, 0.3) is 10.2 Å². The van der Waals surface area contributed by atoms with Gasteiger partial charge < -0.3 is 4.90 Å². The third-order valence-electron chi connectivity index (χ3n) is 4.34. The van der Waals surface area contributed by atoms with Crippen molar-refractivity contribution in [2.45, 2.75) is 25.7 Å². The van der Waals surface area contributed by atoms with E-state index >= 15 is 0 Å². The lowest BCUT2D eigenvalue weighted by molar-refractivity contribution is -0.135. The van der Waals surface area contributed by atoms with Crippen molar-refractivity contribution in [3.63, 3.8) is 0 Å². The van der Waals surface area contributed by atoms with Crippen LogP contribution in [0.4, 0.5) is 0 Å². The van der Waals surface area contributed by atoms with Gasteiger partial charge in [0.1, 0.15) is 0 Å². The molecule has 2 rings (SSSR count). The van der Waals surface area contributed by atoms with Crippen molar-refractivity contribution < 1.29 is 13.2 Å². The first-order valence-electron chi connectivity index (χ1n) is 7.94. The first kappa shape index (κ1) is 17.9. The van der Waals surface area contributed by atoms with E-state index in [9.17, 15) is 13.2 Å². The molecule has 0 atom stereocenters.